The standard InChI is InChI=1S/CH2O3.2K/c2-1-4-3;;/h1,3H;;/q;2*+1/p+1. The predicted octanol–water partition coefficient (Wildman–Crippen LogP) is -7.19. The zero-order valence-electron chi connectivity index (χ0n) is 3.89. The molecule has 0 unspecified atom stereocenters. The third-order valence-corrected chi connectivity index (χ3v) is 0.0481. The van der Waals surface area contributed by atoms with Crippen molar-refractivity contribution in [2.75, 3.05) is 0 Å². The number of hydrogen-bond acceptors (Lipinski definition) is 2. The van der Waals surface area contributed by atoms with E-state index in [9.17, 15) is 0 Å². The zero-order valence-corrected chi connectivity index (χ0v) is 10.1. The first-order valence-corrected chi connectivity index (χ1v) is 0.676. The summed E-state index contributed by atoms with van der Waals surface area (Å²) in [5.74, 6) is 0. The van der Waals surface area contributed by atoms with E-state index in [2.05, 4.69) is 4.89 Å². The van der Waals surface area contributed by atoms with Crippen LogP contribution >= 0.6 is 0 Å². The van der Waals surface area contributed by atoms with E-state index in [1.807, 2.05) is 0 Å². The first-order valence-electron chi connectivity index (χ1n) is 0.676. The number of rotatable bonds is 1. The van der Waals surface area contributed by atoms with Crippen LogP contribution in [-0.4, -0.2) is 11.7 Å². The molecule has 0 saturated heterocycles. The minimum Gasteiger partial charge on any atom is -0.247 e. The fraction of sp³-hybridized carbons (Fsp3) is 0. The van der Waals surface area contributed by atoms with Gasteiger partial charge in [-0.3, -0.25) is 0 Å². The first kappa shape index (κ1) is 15.9. The summed E-state index contributed by atoms with van der Waals surface area (Å²) in [6, 6.07) is 0. The van der Waals surface area contributed by atoms with Gasteiger partial charge in [-0.1, -0.05) is 0 Å². The Bertz CT molecular complexity index is 22.8. The molecule has 0 saturated carbocycles. The Hall–Kier alpha value is 2.70. The molecule has 0 amide bonds. The Morgan fingerprint density at radius 1 is 1.50 bits per heavy atom. The van der Waals surface area contributed by atoms with Gasteiger partial charge in [-0.2, -0.15) is 4.89 Å². The van der Waals surface area contributed by atoms with Crippen molar-refractivity contribution < 1.29 is 118 Å². The van der Waals surface area contributed by atoms with Crippen molar-refractivity contribution in [1.29, 1.82) is 0 Å². The smallest absolute Gasteiger partial charge is 0.247 e. The second kappa shape index (κ2) is 15.6. The molecule has 0 fully saturated rings. The van der Waals surface area contributed by atoms with Gasteiger partial charge in [-0.05, 0) is 0 Å². The van der Waals surface area contributed by atoms with Crippen LogP contribution in [0.4, 0.5) is 0 Å². The SMILES string of the molecule is O=CO[OH2+].[K+].[K+]. The van der Waals surface area contributed by atoms with Crippen LogP contribution in [0, 0.1) is 0 Å². The summed E-state index contributed by atoms with van der Waals surface area (Å²) >= 11 is 0. The van der Waals surface area contributed by atoms with Gasteiger partial charge < -0.3 is 0 Å². The van der Waals surface area contributed by atoms with Crippen LogP contribution in [-0.2, 0) is 9.68 Å². The van der Waals surface area contributed by atoms with Gasteiger partial charge in [0.25, 0.3) is 0 Å². The number of carbonyl (C=O) groups excluding carboxylic acids is 1. The molecule has 5 heteroatoms. The molecule has 0 aromatic rings. The normalized spacial score (nSPS) is 3.50. The zero-order chi connectivity index (χ0) is 3.41. The van der Waals surface area contributed by atoms with E-state index < -0.39 is 0 Å². The molecule has 0 aliphatic carbocycles. The van der Waals surface area contributed by atoms with Crippen molar-refractivity contribution in [3.05, 3.63) is 0 Å². The summed E-state index contributed by atoms with van der Waals surface area (Å²) < 4.78 is 0. The van der Waals surface area contributed by atoms with Gasteiger partial charge in [-0.25, -0.2) is 10.1 Å². The predicted molar refractivity (Wildman–Crippen MR) is 10.8 cm³/mol. The molecule has 0 aliphatic rings. The van der Waals surface area contributed by atoms with Crippen LogP contribution in [0.25, 0.3) is 0 Å². The molecular weight excluding hydrogens is 138 g/mol. The van der Waals surface area contributed by atoms with Crippen LogP contribution in [0.2, 0.25) is 0 Å². The van der Waals surface area contributed by atoms with Gasteiger partial charge in [0.15, 0.2) is 0 Å². The summed E-state index contributed by atoms with van der Waals surface area (Å²) in [6.07, 6.45) is 0. The van der Waals surface area contributed by atoms with E-state index in [4.69, 9.17) is 10.1 Å². The number of carbonyl (C=O) groups is 1. The second-order valence-electron chi connectivity index (χ2n) is 0.214. The minimum atomic E-state index is 0. The van der Waals surface area contributed by atoms with E-state index in [-0.39, 0.29) is 109 Å². The first-order chi connectivity index (χ1) is 1.91. The molecule has 0 bridgehead atoms. The minimum absolute atomic E-state index is 0. The summed E-state index contributed by atoms with van der Waals surface area (Å²) in [4.78, 5) is 11.9. The molecule has 0 aromatic carbocycles. The van der Waals surface area contributed by atoms with Crippen molar-refractivity contribution in [1.82, 2.24) is 0 Å². The average Bonchev–Trinajstić information content (AvgIpc) is 1.37. The molecule has 24 valence electrons. The van der Waals surface area contributed by atoms with Crippen molar-refractivity contribution in [3.8, 4) is 0 Å². The fourth-order valence-corrected chi connectivity index (χ4v) is 0. The maximum Gasteiger partial charge on any atom is 1.00 e. The fourth-order valence-electron chi connectivity index (χ4n) is 0. The Kier molecular flexibility index (Phi) is 41.4. The van der Waals surface area contributed by atoms with Crippen molar-refractivity contribution in [2.24, 2.45) is 0 Å². The number of hydrogen-bond donors (Lipinski definition) is 0. The maximum absolute atomic E-state index is 8.76. The third-order valence-electron chi connectivity index (χ3n) is 0.0481. The molecule has 0 aliphatic heterocycles. The summed E-state index contributed by atoms with van der Waals surface area (Å²) in [5.41, 5.74) is 0. The maximum atomic E-state index is 8.76. The second-order valence-corrected chi connectivity index (χ2v) is 0.214. The van der Waals surface area contributed by atoms with E-state index >= 15 is 0 Å². The summed E-state index contributed by atoms with van der Waals surface area (Å²) in [7, 11) is 0. The molecule has 3 nitrogen and oxygen atoms in total. The molecule has 0 aromatic heterocycles. The molecule has 0 atom stereocenters. The molecule has 0 spiro atoms. The topological polar surface area (TPSA) is 49.2 Å². The monoisotopic (exact) mass is 141 g/mol. The molecule has 0 rings (SSSR count). The molecule has 0 radical (unpaired) electrons. The van der Waals surface area contributed by atoms with Crippen LogP contribution in [0.5, 0.6) is 0 Å². The Labute approximate surface area is 121 Å². The van der Waals surface area contributed by atoms with Crippen molar-refractivity contribution in [3.63, 3.8) is 0 Å². The Balaban J connectivity index is -0.0000000450. The van der Waals surface area contributed by atoms with Gasteiger partial charge in [0.1, 0.15) is 0 Å². The van der Waals surface area contributed by atoms with Crippen LogP contribution < -0.4 is 103 Å². The van der Waals surface area contributed by atoms with Crippen molar-refractivity contribution >= 4 is 6.47 Å². The molecule has 6 heavy (non-hydrogen) atoms. The van der Waals surface area contributed by atoms with E-state index in [0.717, 1.165) is 0 Å². The molecule has 2 N–H and O–H groups in total. The van der Waals surface area contributed by atoms with E-state index in [1.54, 1.807) is 0 Å². The van der Waals surface area contributed by atoms with E-state index in [1.165, 1.54) is 0 Å². The van der Waals surface area contributed by atoms with E-state index in [0.29, 0.717) is 0 Å². The summed E-state index contributed by atoms with van der Waals surface area (Å²) in [5, 5.41) is 5.58. The Morgan fingerprint density at radius 3 is 1.67 bits per heavy atom. The Morgan fingerprint density at radius 2 is 1.67 bits per heavy atom. The largest absolute Gasteiger partial charge is 1.00 e. The van der Waals surface area contributed by atoms with Crippen LogP contribution in [0.1, 0.15) is 0 Å². The van der Waals surface area contributed by atoms with Crippen LogP contribution in [0.3, 0.4) is 0 Å². The molecular formula is CH3K2O3+3. The third kappa shape index (κ3) is 15.9. The van der Waals surface area contributed by atoms with Gasteiger partial charge in [0.05, 0.1) is 0 Å². The summed E-state index contributed by atoms with van der Waals surface area (Å²) in [6.45, 7) is 0.0417. The van der Waals surface area contributed by atoms with Gasteiger partial charge >= 0.3 is 109 Å². The van der Waals surface area contributed by atoms with Gasteiger partial charge in [0.2, 0.25) is 0 Å². The molecule has 0 heterocycles. The van der Waals surface area contributed by atoms with Crippen molar-refractivity contribution in [2.45, 2.75) is 0 Å². The van der Waals surface area contributed by atoms with Gasteiger partial charge in [0, 0.05) is 0 Å². The average molecular weight is 141 g/mol. The van der Waals surface area contributed by atoms with Crippen LogP contribution in [0.15, 0.2) is 0 Å². The quantitative estimate of drug-likeness (QED) is 0.120. The van der Waals surface area contributed by atoms with Gasteiger partial charge in [-0.15, -0.1) is 0 Å².